The Morgan fingerprint density at radius 3 is 2.17 bits per heavy atom. The van der Waals surface area contributed by atoms with Crippen molar-refractivity contribution in [2.45, 2.75) is 32.5 Å². The number of carbonyl (C=O) groups is 2. The lowest BCUT2D eigenvalue weighted by atomic mass is 10.2. The van der Waals surface area contributed by atoms with Gasteiger partial charge in [-0.25, -0.2) is 4.79 Å². The zero-order valence-corrected chi connectivity index (χ0v) is 10.5. The predicted molar refractivity (Wildman–Crippen MR) is 58.2 cm³/mol. The SMILES string of the molecule is CCC(C)N(CC(=O)O)C(=O)N(C)CC(F)(F)F. The van der Waals surface area contributed by atoms with E-state index in [0.29, 0.717) is 11.3 Å². The number of carboxylic acids is 1. The standard InChI is InChI=1S/C10H17F3N2O3/c1-4-7(2)15(5-8(16)17)9(18)14(3)6-10(11,12)13/h7H,4-6H2,1-3H3,(H,16,17). The number of halogens is 3. The van der Waals surface area contributed by atoms with Crippen molar-refractivity contribution in [3.8, 4) is 0 Å². The van der Waals surface area contributed by atoms with Gasteiger partial charge < -0.3 is 14.9 Å². The third-order valence-corrected chi connectivity index (χ3v) is 2.42. The average molecular weight is 270 g/mol. The lowest BCUT2D eigenvalue weighted by Gasteiger charge is -2.31. The molecule has 0 radical (unpaired) electrons. The van der Waals surface area contributed by atoms with Crippen molar-refractivity contribution in [2.24, 2.45) is 0 Å². The van der Waals surface area contributed by atoms with Crippen molar-refractivity contribution in [3.05, 3.63) is 0 Å². The Hall–Kier alpha value is -1.47. The Balaban J connectivity index is 4.79. The molecule has 8 heteroatoms. The summed E-state index contributed by atoms with van der Waals surface area (Å²) in [5.41, 5.74) is 0. The minimum Gasteiger partial charge on any atom is -0.480 e. The Morgan fingerprint density at radius 1 is 1.33 bits per heavy atom. The Kier molecular flexibility index (Phi) is 5.93. The van der Waals surface area contributed by atoms with E-state index < -0.39 is 37.3 Å². The minimum absolute atomic E-state index is 0.440. The maximum absolute atomic E-state index is 12.1. The molecule has 1 N–H and O–H groups in total. The van der Waals surface area contributed by atoms with Crippen LogP contribution < -0.4 is 0 Å². The van der Waals surface area contributed by atoms with Gasteiger partial charge in [-0.1, -0.05) is 6.92 Å². The summed E-state index contributed by atoms with van der Waals surface area (Å²) in [5, 5.41) is 8.66. The molecule has 0 aliphatic rings. The third kappa shape index (κ3) is 5.74. The zero-order chi connectivity index (χ0) is 14.5. The molecule has 18 heavy (non-hydrogen) atoms. The van der Waals surface area contributed by atoms with E-state index in [9.17, 15) is 22.8 Å². The van der Waals surface area contributed by atoms with Crippen molar-refractivity contribution in [3.63, 3.8) is 0 Å². The highest BCUT2D eigenvalue weighted by Gasteiger charge is 2.34. The number of alkyl halides is 3. The minimum atomic E-state index is -4.51. The summed E-state index contributed by atoms with van der Waals surface area (Å²) < 4.78 is 36.4. The smallest absolute Gasteiger partial charge is 0.406 e. The summed E-state index contributed by atoms with van der Waals surface area (Å²) in [5.74, 6) is -1.26. The van der Waals surface area contributed by atoms with Gasteiger partial charge in [-0.3, -0.25) is 4.79 Å². The average Bonchev–Trinajstić information content (AvgIpc) is 2.21. The van der Waals surface area contributed by atoms with Crippen LogP contribution in [0.15, 0.2) is 0 Å². The molecule has 2 amide bonds. The molecule has 0 rings (SSSR count). The van der Waals surface area contributed by atoms with E-state index in [4.69, 9.17) is 5.11 Å². The van der Waals surface area contributed by atoms with E-state index in [1.807, 2.05) is 0 Å². The molecule has 0 spiro atoms. The van der Waals surface area contributed by atoms with Gasteiger partial charge in [-0.2, -0.15) is 13.2 Å². The fourth-order valence-corrected chi connectivity index (χ4v) is 1.33. The van der Waals surface area contributed by atoms with Gasteiger partial charge in [0.15, 0.2) is 0 Å². The van der Waals surface area contributed by atoms with Crippen LogP contribution in [0.1, 0.15) is 20.3 Å². The maximum Gasteiger partial charge on any atom is 0.406 e. The van der Waals surface area contributed by atoms with Gasteiger partial charge in [0.2, 0.25) is 0 Å². The summed E-state index contributed by atoms with van der Waals surface area (Å²) >= 11 is 0. The first-order chi connectivity index (χ1) is 8.08. The largest absolute Gasteiger partial charge is 0.480 e. The first-order valence-electron chi connectivity index (χ1n) is 5.38. The lowest BCUT2D eigenvalue weighted by Crippen LogP contribution is -2.50. The topological polar surface area (TPSA) is 60.9 Å². The van der Waals surface area contributed by atoms with E-state index in [1.165, 1.54) is 0 Å². The van der Waals surface area contributed by atoms with Crippen molar-refractivity contribution in [1.82, 2.24) is 9.80 Å². The molecule has 0 fully saturated rings. The summed E-state index contributed by atoms with van der Waals surface area (Å²) in [6.07, 6.45) is -4.05. The number of hydrogen-bond donors (Lipinski definition) is 1. The second-order valence-electron chi connectivity index (χ2n) is 4.03. The molecule has 1 unspecified atom stereocenters. The molecule has 0 aromatic heterocycles. The molecule has 5 nitrogen and oxygen atoms in total. The van der Waals surface area contributed by atoms with Gasteiger partial charge in [-0.15, -0.1) is 0 Å². The van der Waals surface area contributed by atoms with E-state index in [1.54, 1.807) is 13.8 Å². The number of carbonyl (C=O) groups excluding carboxylic acids is 1. The van der Waals surface area contributed by atoms with Crippen LogP contribution in [-0.2, 0) is 4.79 Å². The number of aliphatic carboxylic acids is 1. The predicted octanol–water partition coefficient (Wildman–Crippen LogP) is 1.79. The third-order valence-electron chi connectivity index (χ3n) is 2.42. The molecule has 0 aliphatic heterocycles. The van der Waals surface area contributed by atoms with Crippen LogP contribution in [-0.4, -0.2) is 59.3 Å². The van der Waals surface area contributed by atoms with Crippen molar-refractivity contribution >= 4 is 12.0 Å². The molecule has 106 valence electrons. The fourth-order valence-electron chi connectivity index (χ4n) is 1.33. The molecular formula is C10H17F3N2O3. The van der Waals surface area contributed by atoms with Crippen LogP contribution in [0.4, 0.5) is 18.0 Å². The number of urea groups is 1. The normalized spacial score (nSPS) is 13.0. The molecule has 0 heterocycles. The Morgan fingerprint density at radius 2 is 1.83 bits per heavy atom. The number of amides is 2. The molecule has 0 saturated carbocycles. The van der Waals surface area contributed by atoms with E-state index in [0.717, 1.165) is 11.9 Å². The molecule has 0 aromatic carbocycles. The zero-order valence-electron chi connectivity index (χ0n) is 10.5. The lowest BCUT2D eigenvalue weighted by molar-refractivity contribution is -0.140. The van der Waals surface area contributed by atoms with Crippen molar-refractivity contribution in [2.75, 3.05) is 20.1 Å². The van der Waals surface area contributed by atoms with Gasteiger partial charge in [0.1, 0.15) is 13.1 Å². The van der Waals surface area contributed by atoms with Crippen LogP contribution in [0, 0.1) is 0 Å². The van der Waals surface area contributed by atoms with Gasteiger partial charge in [0.25, 0.3) is 0 Å². The number of rotatable bonds is 5. The first kappa shape index (κ1) is 16.5. The van der Waals surface area contributed by atoms with Gasteiger partial charge in [0.05, 0.1) is 0 Å². The van der Waals surface area contributed by atoms with Crippen molar-refractivity contribution in [1.29, 1.82) is 0 Å². The number of nitrogens with zero attached hydrogens (tertiary/aromatic N) is 2. The van der Waals surface area contributed by atoms with Gasteiger partial charge in [-0.05, 0) is 13.3 Å². The summed E-state index contributed by atoms with van der Waals surface area (Å²) in [6.45, 7) is 1.28. The van der Waals surface area contributed by atoms with Crippen LogP contribution in [0.2, 0.25) is 0 Å². The first-order valence-corrected chi connectivity index (χ1v) is 5.38. The van der Waals surface area contributed by atoms with Crippen molar-refractivity contribution < 1.29 is 27.9 Å². The second-order valence-corrected chi connectivity index (χ2v) is 4.03. The molecule has 0 saturated heterocycles. The van der Waals surface area contributed by atoms with Crippen LogP contribution in [0.5, 0.6) is 0 Å². The molecule has 0 aliphatic carbocycles. The highest BCUT2D eigenvalue weighted by atomic mass is 19.4. The number of carboxylic acid groups (broad SMARTS) is 1. The number of hydrogen-bond acceptors (Lipinski definition) is 2. The van der Waals surface area contributed by atoms with Crippen LogP contribution >= 0.6 is 0 Å². The molecule has 1 atom stereocenters. The highest BCUT2D eigenvalue weighted by molar-refractivity contribution is 5.80. The van der Waals surface area contributed by atoms with E-state index in [2.05, 4.69) is 0 Å². The summed E-state index contributed by atoms with van der Waals surface area (Å²) in [7, 11) is 0.993. The summed E-state index contributed by atoms with van der Waals surface area (Å²) in [6, 6.07) is -1.38. The maximum atomic E-state index is 12.1. The van der Waals surface area contributed by atoms with E-state index in [-0.39, 0.29) is 0 Å². The second kappa shape index (κ2) is 6.46. The quantitative estimate of drug-likeness (QED) is 0.828. The fraction of sp³-hybridized carbons (Fsp3) is 0.800. The summed E-state index contributed by atoms with van der Waals surface area (Å²) in [4.78, 5) is 23.7. The Labute approximate surface area is 103 Å². The van der Waals surface area contributed by atoms with E-state index >= 15 is 0 Å². The monoisotopic (exact) mass is 270 g/mol. The highest BCUT2D eigenvalue weighted by Crippen LogP contribution is 2.17. The molecule has 0 aromatic rings. The molecular weight excluding hydrogens is 253 g/mol. The van der Waals surface area contributed by atoms with Crippen LogP contribution in [0.3, 0.4) is 0 Å². The Bertz CT molecular complexity index is 307. The van der Waals surface area contributed by atoms with Gasteiger partial charge in [0, 0.05) is 13.1 Å². The van der Waals surface area contributed by atoms with Crippen LogP contribution in [0.25, 0.3) is 0 Å². The van der Waals surface area contributed by atoms with Gasteiger partial charge >= 0.3 is 18.2 Å². The molecule has 0 bridgehead atoms.